The molecule has 0 heterocycles. The molecule has 7 nitrogen and oxygen atoms in total. The highest BCUT2D eigenvalue weighted by atomic mass is 33.1. The number of hydrogen-bond donors (Lipinski definition) is 3. The van der Waals surface area contributed by atoms with E-state index < -0.39 is 24.8 Å². The largest absolute Gasteiger partial charge is 0.491 e. The van der Waals surface area contributed by atoms with E-state index in [1.165, 1.54) is 21.6 Å². The zero-order valence-corrected chi connectivity index (χ0v) is 16.5. The maximum absolute atomic E-state index is 12.0. The number of benzene rings is 1. The molecule has 0 aromatic heterocycles. The molecule has 0 unspecified atom stereocenters. The Labute approximate surface area is 171 Å². The monoisotopic (exact) mass is 461 g/mol. The summed E-state index contributed by atoms with van der Waals surface area (Å²) in [6.45, 7) is -0.123. The number of amides is 1. The van der Waals surface area contributed by atoms with Crippen molar-refractivity contribution in [3.05, 3.63) is 29.8 Å². The van der Waals surface area contributed by atoms with E-state index in [0.29, 0.717) is 29.4 Å². The Hall–Kier alpha value is -2.15. The van der Waals surface area contributed by atoms with Gasteiger partial charge in [0.25, 0.3) is 5.91 Å². The van der Waals surface area contributed by atoms with Gasteiger partial charge in [-0.2, -0.15) is 13.2 Å². The average Bonchev–Trinajstić information content (AvgIpc) is 2.65. The SMILES string of the molecule is O=C(O)C(F)(F)F.O=C(O)CCSSCCNC(=O)c1cccc(OCCF)c1. The summed E-state index contributed by atoms with van der Waals surface area (Å²) in [6.07, 6.45) is -4.95. The molecule has 1 amide bonds. The van der Waals surface area contributed by atoms with Crippen LogP contribution >= 0.6 is 21.6 Å². The summed E-state index contributed by atoms with van der Waals surface area (Å²) in [6, 6.07) is 6.58. The molecule has 0 saturated heterocycles. The van der Waals surface area contributed by atoms with E-state index in [-0.39, 0.29) is 18.9 Å². The number of alkyl halides is 4. The average molecular weight is 461 g/mol. The predicted molar refractivity (Wildman–Crippen MR) is 101 cm³/mol. The van der Waals surface area contributed by atoms with Gasteiger partial charge in [0.2, 0.25) is 0 Å². The molecule has 164 valence electrons. The first-order valence-corrected chi connectivity index (χ1v) is 10.4. The van der Waals surface area contributed by atoms with Crippen molar-refractivity contribution >= 4 is 39.4 Å². The van der Waals surface area contributed by atoms with E-state index in [9.17, 15) is 27.2 Å². The van der Waals surface area contributed by atoms with Gasteiger partial charge in [0, 0.05) is 23.6 Å². The lowest BCUT2D eigenvalue weighted by molar-refractivity contribution is -0.192. The number of ether oxygens (including phenoxy) is 1. The lowest BCUT2D eigenvalue weighted by Crippen LogP contribution is -2.25. The van der Waals surface area contributed by atoms with Crippen LogP contribution in [0, 0.1) is 0 Å². The second-order valence-electron chi connectivity index (χ2n) is 4.91. The number of carbonyl (C=O) groups is 3. The summed E-state index contributed by atoms with van der Waals surface area (Å²) >= 11 is 0. The van der Waals surface area contributed by atoms with Crippen LogP contribution in [0.5, 0.6) is 5.75 Å². The lowest BCUT2D eigenvalue weighted by atomic mass is 10.2. The van der Waals surface area contributed by atoms with Crippen LogP contribution in [0.1, 0.15) is 16.8 Å². The first kappa shape index (κ1) is 26.9. The summed E-state index contributed by atoms with van der Waals surface area (Å²) in [5.74, 6) is -2.09. The number of carboxylic acids is 2. The first-order valence-electron chi connectivity index (χ1n) is 7.91. The Kier molecular flexibility index (Phi) is 13.7. The molecule has 13 heteroatoms. The summed E-state index contributed by atoms with van der Waals surface area (Å²) in [4.78, 5) is 31.1. The Balaban J connectivity index is 0.000000956. The molecule has 0 aliphatic carbocycles. The predicted octanol–water partition coefficient (Wildman–Crippen LogP) is 3.25. The Morgan fingerprint density at radius 3 is 2.28 bits per heavy atom. The smallest absolute Gasteiger partial charge is 0.490 e. The Bertz CT molecular complexity index is 661. The maximum Gasteiger partial charge on any atom is 0.490 e. The molecule has 29 heavy (non-hydrogen) atoms. The highest BCUT2D eigenvalue weighted by Crippen LogP contribution is 2.21. The van der Waals surface area contributed by atoms with Gasteiger partial charge < -0.3 is 20.3 Å². The van der Waals surface area contributed by atoms with Gasteiger partial charge in [0.1, 0.15) is 19.0 Å². The fraction of sp³-hybridized carbons (Fsp3) is 0.438. The van der Waals surface area contributed by atoms with Crippen molar-refractivity contribution in [2.75, 3.05) is 31.3 Å². The fourth-order valence-electron chi connectivity index (χ4n) is 1.44. The molecule has 1 aromatic carbocycles. The number of carbonyl (C=O) groups excluding carboxylic acids is 1. The van der Waals surface area contributed by atoms with E-state index >= 15 is 0 Å². The molecule has 0 atom stereocenters. The second kappa shape index (κ2) is 14.8. The van der Waals surface area contributed by atoms with Gasteiger partial charge in [-0.15, -0.1) is 0 Å². The van der Waals surface area contributed by atoms with Crippen LogP contribution in [0.3, 0.4) is 0 Å². The molecule has 0 aliphatic heterocycles. The minimum absolute atomic E-state index is 0.0325. The van der Waals surface area contributed by atoms with Crippen LogP contribution in [0.25, 0.3) is 0 Å². The zero-order valence-electron chi connectivity index (χ0n) is 14.9. The number of aliphatic carboxylic acids is 2. The third-order valence-electron chi connectivity index (χ3n) is 2.64. The number of hydrogen-bond acceptors (Lipinski definition) is 6. The van der Waals surface area contributed by atoms with Gasteiger partial charge in [-0.25, -0.2) is 9.18 Å². The van der Waals surface area contributed by atoms with E-state index in [2.05, 4.69) is 5.32 Å². The minimum Gasteiger partial charge on any atom is -0.491 e. The quantitative estimate of drug-likeness (QED) is 0.262. The van der Waals surface area contributed by atoms with E-state index in [0.717, 1.165) is 0 Å². The topological polar surface area (TPSA) is 113 Å². The summed E-state index contributed by atoms with van der Waals surface area (Å²) in [5, 5.41) is 18.4. The number of halogens is 4. The summed E-state index contributed by atoms with van der Waals surface area (Å²) in [5.41, 5.74) is 0.458. The van der Waals surface area contributed by atoms with Gasteiger partial charge in [-0.1, -0.05) is 27.7 Å². The Morgan fingerprint density at radius 1 is 1.10 bits per heavy atom. The number of carboxylic acid groups (broad SMARTS) is 2. The van der Waals surface area contributed by atoms with Gasteiger partial charge in [-0.05, 0) is 18.2 Å². The van der Waals surface area contributed by atoms with Crippen molar-refractivity contribution in [3.63, 3.8) is 0 Å². The van der Waals surface area contributed by atoms with Gasteiger partial charge in [0.15, 0.2) is 0 Å². The molecular formula is C16H19F4NO6S2. The molecule has 3 N–H and O–H groups in total. The van der Waals surface area contributed by atoms with Crippen LogP contribution < -0.4 is 10.1 Å². The number of nitrogens with one attached hydrogen (secondary N) is 1. The van der Waals surface area contributed by atoms with Gasteiger partial charge in [0.05, 0.1) is 6.42 Å². The highest BCUT2D eigenvalue weighted by Gasteiger charge is 2.38. The third kappa shape index (κ3) is 14.5. The molecular weight excluding hydrogens is 442 g/mol. The molecule has 0 spiro atoms. The van der Waals surface area contributed by atoms with E-state index in [1.54, 1.807) is 24.3 Å². The lowest BCUT2D eigenvalue weighted by Gasteiger charge is -2.07. The van der Waals surface area contributed by atoms with Crippen molar-refractivity contribution in [3.8, 4) is 5.75 Å². The van der Waals surface area contributed by atoms with E-state index in [1.807, 2.05) is 0 Å². The Morgan fingerprint density at radius 2 is 1.72 bits per heavy atom. The summed E-state index contributed by atoms with van der Waals surface area (Å²) in [7, 11) is 2.99. The van der Waals surface area contributed by atoms with Crippen molar-refractivity contribution in [1.82, 2.24) is 5.32 Å². The first-order chi connectivity index (χ1) is 13.6. The highest BCUT2D eigenvalue weighted by molar-refractivity contribution is 8.76. The molecule has 0 saturated carbocycles. The van der Waals surface area contributed by atoms with Crippen LogP contribution in [-0.4, -0.2) is 65.6 Å². The molecule has 0 fully saturated rings. The molecule has 0 bridgehead atoms. The van der Waals surface area contributed by atoms with Gasteiger partial charge >= 0.3 is 18.1 Å². The van der Waals surface area contributed by atoms with Crippen molar-refractivity contribution in [2.24, 2.45) is 0 Å². The standard InChI is InChI=1S/C14H18FNO4S2.C2HF3O2/c15-5-7-20-12-3-1-2-11(10-12)14(19)16-6-9-22-21-8-4-13(17)18;3-2(4,5)1(6)7/h1-3,10H,4-9H2,(H,16,19)(H,17,18);(H,6,7). The maximum atomic E-state index is 12.0. The van der Waals surface area contributed by atoms with Crippen LogP contribution in [0.4, 0.5) is 17.6 Å². The van der Waals surface area contributed by atoms with E-state index in [4.69, 9.17) is 19.7 Å². The minimum atomic E-state index is -5.08. The zero-order chi connectivity index (χ0) is 22.3. The second-order valence-corrected chi connectivity index (χ2v) is 7.61. The summed E-state index contributed by atoms with van der Waals surface area (Å²) < 4.78 is 48.9. The molecule has 1 rings (SSSR count). The molecule has 0 radical (unpaired) electrons. The van der Waals surface area contributed by atoms with Crippen molar-refractivity contribution in [1.29, 1.82) is 0 Å². The van der Waals surface area contributed by atoms with Crippen LogP contribution in [0.2, 0.25) is 0 Å². The van der Waals surface area contributed by atoms with Crippen LogP contribution in [0.15, 0.2) is 24.3 Å². The molecule has 0 aliphatic rings. The van der Waals surface area contributed by atoms with Crippen molar-refractivity contribution in [2.45, 2.75) is 12.6 Å². The van der Waals surface area contributed by atoms with Crippen LogP contribution in [-0.2, 0) is 9.59 Å². The number of rotatable bonds is 11. The van der Waals surface area contributed by atoms with Crippen molar-refractivity contribution < 1.29 is 46.9 Å². The van der Waals surface area contributed by atoms with Gasteiger partial charge in [-0.3, -0.25) is 9.59 Å². The third-order valence-corrected chi connectivity index (χ3v) is 5.05. The fourth-order valence-corrected chi connectivity index (χ4v) is 3.32. The molecule has 1 aromatic rings. The normalized spacial score (nSPS) is 10.5.